The maximum atomic E-state index is 6.15. The van der Waals surface area contributed by atoms with Crippen LogP contribution < -0.4 is 10.1 Å². The molecule has 1 aromatic carbocycles. The molecule has 2 aliphatic rings. The van der Waals surface area contributed by atoms with Crippen molar-refractivity contribution in [2.75, 3.05) is 25.0 Å². The van der Waals surface area contributed by atoms with Gasteiger partial charge in [0.15, 0.2) is 0 Å². The second kappa shape index (κ2) is 5.65. The second-order valence-corrected chi connectivity index (χ2v) is 6.63. The predicted octanol–water partition coefficient (Wildman–Crippen LogP) is 3.23. The van der Waals surface area contributed by atoms with E-state index in [4.69, 9.17) is 4.74 Å². The van der Waals surface area contributed by atoms with Crippen LogP contribution in [0.2, 0.25) is 0 Å². The zero-order chi connectivity index (χ0) is 14.1. The summed E-state index contributed by atoms with van der Waals surface area (Å²) < 4.78 is 6.15. The van der Waals surface area contributed by atoms with Gasteiger partial charge >= 0.3 is 0 Å². The first-order valence-corrected chi connectivity index (χ1v) is 7.87. The Balaban J connectivity index is 1.64. The number of ether oxygens (including phenoxy) is 1. The fourth-order valence-electron chi connectivity index (χ4n) is 3.60. The molecule has 0 amide bonds. The van der Waals surface area contributed by atoms with E-state index in [-0.39, 0.29) is 6.10 Å². The minimum absolute atomic E-state index is 0.254. The van der Waals surface area contributed by atoms with Gasteiger partial charge in [0.1, 0.15) is 11.9 Å². The number of anilines is 1. The van der Waals surface area contributed by atoms with Crippen LogP contribution in [0.25, 0.3) is 0 Å². The molecule has 4 unspecified atom stereocenters. The van der Waals surface area contributed by atoms with Gasteiger partial charge in [0.2, 0.25) is 0 Å². The maximum absolute atomic E-state index is 6.15. The lowest BCUT2D eigenvalue weighted by Gasteiger charge is -2.43. The lowest BCUT2D eigenvalue weighted by molar-refractivity contribution is 0.0422. The Morgan fingerprint density at radius 1 is 1.25 bits per heavy atom. The first-order chi connectivity index (χ1) is 9.63. The molecular weight excluding hydrogens is 248 g/mol. The molecule has 1 N–H and O–H groups in total. The second-order valence-electron chi connectivity index (χ2n) is 6.63. The zero-order valence-electron chi connectivity index (χ0n) is 12.8. The summed E-state index contributed by atoms with van der Waals surface area (Å²) in [6, 6.07) is 8.88. The van der Waals surface area contributed by atoms with Gasteiger partial charge in [-0.1, -0.05) is 26.0 Å². The van der Waals surface area contributed by atoms with E-state index >= 15 is 0 Å². The number of piperidine rings is 1. The molecule has 110 valence electrons. The van der Waals surface area contributed by atoms with Crippen molar-refractivity contribution in [3.63, 3.8) is 0 Å². The molecule has 1 saturated heterocycles. The Morgan fingerprint density at radius 3 is 2.90 bits per heavy atom. The normalized spacial score (nSPS) is 34.0. The van der Waals surface area contributed by atoms with Gasteiger partial charge in [0.25, 0.3) is 0 Å². The van der Waals surface area contributed by atoms with E-state index in [0.29, 0.717) is 6.04 Å². The van der Waals surface area contributed by atoms with Gasteiger partial charge < -0.3 is 10.1 Å². The lowest BCUT2D eigenvalue weighted by Crippen LogP contribution is -2.51. The summed E-state index contributed by atoms with van der Waals surface area (Å²) in [5, 5.41) is 3.49. The van der Waals surface area contributed by atoms with Crippen molar-refractivity contribution >= 4 is 5.69 Å². The summed E-state index contributed by atoms with van der Waals surface area (Å²) >= 11 is 0. The van der Waals surface area contributed by atoms with Crippen LogP contribution in [-0.2, 0) is 0 Å². The number of likely N-dealkylation sites (tertiary alicyclic amines) is 1. The lowest BCUT2D eigenvalue weighted by atomic mass is 9.86. The molecular formula is C17H26N2O. The monoisotopic (exact) mass is 274 g/mol. The Hall–Kier alpha value is -1.22. The number of fused-ring (bicyclic) bond motifs is 1. The summed E-state index contributed by atoms with van der Waals surface area (Å²) in [6.45, 7) is 10.2. The van der Waals surface area contributed by atoms with E-state index in [1.165, 1.54) is 13.0 Å². The molecule has 3 nitrogen and oxygen atoms in total. The van der Waals surface area contributed by atoms with Crippen molar-refractivity contribution in [2.24, 2.45) is 11.8 Å². The number of para-hydroxylation sites is 2. The average Bonchev–Trinajstić information content (AvgIpc) is 2.44. The van der Waals surface area contributed by atoms with Crippen LogP contribution in [0.1, 0.15) is 27.2 Å². The molecule has 4 atom stereocenters. The average molecular weight is 274 g/mol. The Morgan fingerprint density at radius 2 is 2.05 bits per heavy atom. The number of nitrogens with zero attached hydrogens (tertiary/aromatic N) is 1. The fraction of sp³-hybridized carbons (Fsp3) is 0.647. The quantitative estimate of drug-likeness (QED) is 0.896. The third-order valence-corrected chi connectivity index (χ3v) is 4.86. The van der Waals surface area contributed by atoms with E-state index in [9.17, 15) is 0 Å². The molecule has 1 aromatic rings. The van der Waals surface area contributed by atoms with Crippen molar-refractivity contribution in [3.8, 4) is 5.75 Å². The molecule has 0 bridgehead atoms. The van der Waals surface area contributed by atoms with Crippen molar-refractivity contribution < 1.29 is 4.74 Å². The van der Waals surface area contributed by atoms with Crippen LogP contribution in [0.15, 0.2) is 24.3 Å². The van der Waals surface area contributed by atoms with Gasteiger partial charge in [-0.05, 0) is 37.3 Å². The molecule has 0 aliphatic carbocycles. The Labute approximate surface area is 122 Å². The fourth-order valence-corrected chi connectivity index (χ4v) is 3.60. The predicted molar refractivity (Wildman–Crippen MR) is 83.3 cm³/mol. The van der Waals surface area contributed by atoms with Crippen molar-refractivity contribution in [1.82, 2.24) is 4.90 Å². The van der Waals surface area contributed by atoms with Crippen LogP contribution >= 0.6 is 0 Å². The Bertz CT molecular complexity index is 462. The van der Waals surface area contributed by atoms with Gasteiger partial charge in [-0.3, -0.25) is 4.90 Å². The molecule has 0 aromatic heterocycles. The van der Waals surface area contributed by atoms with Gasteiger partial charge in [0.05, 0.1) is 12.2 Å². The van der Waals surface area contributed by atoms with Crippen LogP contribution in [0.4, 0.5) is 5.69 Å². The van der Waals surface area contributed by atoms with Crippen LogP contribution in [0, 0.1) is 11.8 Å². The number of hydrogen-bond acceptors (Lipinski definition) is 3. The van der Waals surface area contributed by atoms with Gasteiger partial charge in [-0.25, -0.2) is 0 Å². The van der Waals surface area contributed by atoms with Gasteiger partial charge in [0, 0.05) is 19.1 Å². The minimum atomic E-state index is 0.254. The van der Waals surface area contributed by atoms with Crippen LogP contribution in [0.5, 0.6) is 5.75 Å². The highest BCUT2D eigenvalue weighted by molar-refractivity contribution is 5.57. The third-order valence-electron chi connectivity index (χ3n) is 4.86. The number of nitrogens with one attached hydrogen (secondary N) is 1. The van der Waals surface area contributed by atoms with E-state index in [2.05, 4.69) is 43.1 Å². The summed E-state index contributed by atoms with van der Waals surface area (Å²) in [5.74, 6) is 2.57. The number of rotatable bonds is 2. The molecule has 0 radical (unpaired) electrons. The maximum Gasteiger partial charge on any atom is 0.142 e. The molecule has 3 heteroatoms. The highest BCUT2D eigenvalue weighted by atomic mass is 16.5. The highest BCUT2D eigenvalue weighted by Gasteiger charge is 2.31. The van der Waals surface area contributed by atoms with Crippen LogP contribution in [0.3, 0.4) is 0 Å². The molecule has 2 aliphatic heterocycles. The summed E-state index contributed by atoms with van der Waals surface area (Å²) in [5.41, 5.74) is 1.12. The molecule has 0 saturated carbocycles. The molecule has 3 rings (SSSR count). The minimum Gasteiger partial charge on any atom is -0.485 e. The largest absolute Gasteiger partial charge is 0.485 e. The Kier molecular flexibility index (Phi) is 3.88. The van der Waals surface area contributed by atoms with E-state index in [1.807, 2.05) is 12.1 Å². The first kappa shape index (κ1) is 13.7. The summed E-state index contributed by atoms with van der Waals surface area (Å²) in [4.78, 5) is 2.61. The van der Waals surface area contributed by atoms with Gasteiger partial charge in [-0.15, -0.1) is 0 Å². The van der Waals surface area contributed by atoms with Crippen molar-refractivity contribution in [2.45, 2.75) is 39.3 Å². The zero-order valence-corrected chi connectivity index (χ0v) is 12.8. The van der Waals surface area contributed by atoms with E-state index in [1.54, 1.807) is 0 Å². The SMILES string of the molecule is CC1CC(C)C(C)N(CC2CNc3ccccc3O2)C1. The van der Waals surface area contributed by atoms with Crippen molar-refractivity contribution in [1.29, 1.82) is 0 Å². The van der Waals surface area contributed by atoms with E-state index < -0.39 is 0 Å². The standard InChI is InChI=1S/C17H26N2O/c1-12-8-13(2)14(3)19(10-12)11-15-9-18-16-6-4-5-7-17(16)20-15/h4-7,12-15,18H,8-11H2,1-3H3. The topological polar surface area (TPSA) is 24.5 Å². The van der Waals surface area contributed by atoms with Gasteiger partial charge in [-0.2, -0.15) is 0 Å². The molecule has 2 heterocycles. The van der Waals surface area contributed by atoms with Crippen LogP contribution in [-0.4, -0.2) is 36.7 Å². The first-order valence-electron chi connectivity index (χ1n) is 7.87. The molecule has 1 fully saturated rings. The highest BCUT2D eigenvalue weighted by Crippen LogP contribution is 2.31. The summed E-state index contributed by atoms with van der Waals surface area (Å²) in [7, 11) is 0. The molecule has 0 spiro atoms. The molecule has 20 heavy (non-hydrogen) atoms. The smallest absolute Gasteiger partial charge is 0.142 e. The van der Waals surface area contributed by atoms with E-state index in [0.717, 1.165) is 36.4 Å². The number of hydrogen-bond donors (Lipinski definition) is 1. The number of benzene rings is 1. The van der Waals surface area contributed by atoms with Crippen molar-refractivity contribution in [3.05, 3.63) is 24.3 Å². The summed E-state index contributed by atoms with van der Waals surface area (Å²) in [6.07, 6.45) is 1.61. The third kappa shape index (κ3) is 2.78.